The molecule has 1 aliphatic carbocycles. The largest absolute Gasteiger partial charge is 0.348 e. The van der Waals surface area contributed by atoms with Gasteiger partial charge in [0.1, 0.15) is 12.1 Å². The summed E-state index contributed by atoms with van der Waals surface area (Å²) in [5.74, 6) is 0. The van der Waals surface area contributed by atoms with Gasteiger partial charge in [-0.05, 0) is 27.7 Å². The molecule has 3 aliphatic rings. The molecule has 0 unspecified atom stereocenters. The van der Waals surface area contributed by atoms with Gasteiger partial charge in [0.05, 0.1) is 0 Å². The first-order valence-electron chi connectivity index (χ1n) is 9.00. The predicted molar refractivity (Wildman–Crippen MR) is 99.8 cm³/mol. The summed E-state index contributed by atoms with van der Waals surface area (Å²) in [5, 5.41) is 0. The molecule has 0 saturated carbocycles. The van der Waals surface area contributed by atoms with Gasteiger partial charge in [-0.1, -0.05) is 69.3 Å². The maximum absolute atomic E-state index is 13.2. The molecule has 0 atom stereocenters. The molecule has 0 radical (unpaired) electrons. The average Bonchev–Trinajstić information content (AvgIpc) is 2.86. The molecule has 2 bridgehead atoms. The summed E-state index contributed by atoms with van der Waals surface area (Å²) < 4.78 is 4.74. The van der Waals surface area contributed by atoms with E-state index in [-0.39, 0.29) is 28.9 Å². The van der Waals surface area contributed by atoms with Gasteiger partial charge in [-0.3, -0.25) is 0 Å². The molecule has 5 heteroatoms. The van der Waals surface area contributed by atoms with Crippen LogP contribution >= 0.6 is 0 Å². The minimum Gasteiger partial charge on any atom is -0.246 e. The van der Waals surface area contributed by atoms with Gasteiger partial charge in [0.25, 0.3) is 0 Å². The number of aromatic nitrogens is 3. The van der Waals surface area contributed by atoms with Crippen molar-refractivity contribution < 1.29 is 0 Å². The Bertz CT molecular complexity index is 1030. The third-order valence-corrected chi connectivity index (χ3v) is 5.38. The molecular formula is C21H21N3O2. The van der Waals surface area contributed by atoms with Crippen molar-refractivity contribution in [3.63, 3.8) is 0 Å². The lowest BCUT2D eigenvalue weighted by atomic mass is 9.78. The topological polar surface area (TPSA) is 48.9 Å². The third-order valence-electron chi connectivity index (χ3n) is 5.38. The zero-order valence-corrected chi connectivity index (χ0v) is 15.1. The summed E-state index contributed by atoms with van der Waals surface area (Å²) in [7, 11) is 0. The highest BCUT2D eigenvalue weighted by Crippen LogP contribution is 2.47. The normalized spacial score (nSPS) is 19.8. The molecule has 26 heavy (non-hydrogen) atoms. The molecular weight excluding hydrogens is 326 g/mol. The van der Waals surface area contributed by atoms with Crippen molar-refractivity contribution in [2.75, 3.05) is 0 Å². The minimum atomic E-state index is -0.242. The highest BCUT2D eigenvalue weighted by atomic mass is 16.2. The van der Waals surface area contributed by atoms with Gasteiger partial charge in [0.2, 0.25) is 0 Å². The van der Waals surface area contributed by atoms with Gasteiger partial charge in [0.15, 0.2) is 0 Å². The van der Waals surface area contributed by atoms with Crippen LogP contribution in [0.5, 0.6) is 0 Å². The zero-order chi connectivity index (χ0) is 18.2. The Hall–Kier alpha value is -2.82. The summed E-state index contributed by atoms with van der Waals surface area (Å²) in [5.41, 5.74) is 3.88. The molecule has 2 aliphatic heterocycles. The molecule has 0 saturated heterocycles. The lowest BCUT2D eigenvalue weighted by Crippen LogP contribution is -2.44. The molecule has 0 spiro atoms. The maximum atomic E-state index is 13.2. The first-order valence-corrected chi connectivity index (χ1v) is 9.00. The molecule has 2 aromatic carbocycles. The standard InChI is InChI=1S/C21H21N3O2/c1-21(2,3)12-22-19(25)23-17-13-8-4-5-9-14(13)18(24(23)20(22)26)16-11-7-6-10-15(16)17/h4-11,17-18H,12H2,1-3H3. The molecule has 0 fully saturated rings. The molecule has 132 valence electrons. The predicted octanol–water partition coefficient (Wildman–Crippen LogP) is 2.76. The van der Waals surface area contributed by atoms with E-state index in [1.807, 2.05) is 45.0 Å². The Labute approximate surface area is 151 Å². The van der Waals surface area contributed by atoms with E-state index >= 15 is 0 Å². The summed E-state index contributed by atoms with van der Waals surface area (Å²) in [6.07, 6.45) is 0. The van der Waals surface area contributed by atoms with Gasteiger partial charge in [-0.25, -0.2) is 23.5 Å². The highest BCUT2D eigenvalue weighted by molar-refractivity contribution is 5.54. The number of hydrogen-bond donors (Lipinski definition) is 0. The number of hydrogen-bond acceptors (Lipinski definition) is 2. The number of nitrogens with zero attached hydrogens (tertiary/aromatic N) is 3. The van der Waals surface area contributed by atoms with Crippen LogP contribution in [0.15, 0.2) is 58.1 Å². The van der Waals surface area contributed by atoms with E-state index in [9.17, 15) is 9.59 Å². The Balaban J connectivity index is 1.87. The second-order valence-electron chi connectivity index (χ2n) is 8.46. The second kappa shape index (κ2) is 4.87. The lowest BCUT2D eigenvalue weighted by Gasteiger charge is -2.41. The molecule has 1 aromatic heterocycles. The van der Waals surface area contributed by atoms with Crippen LogP contribution in [0.3, 0.4) is 0 Å². The molecule has 6 rings (SSSR count). The van der Waals surface area contributed by atoms with E-state index in [4.69, 9.17) is 0 Å². The van der Waals surface area contributed by atoms with Crippen molar-refractivity contribution in [1.82, 2.24) is 13.9 Å². The Morgan fingerprint density at radius 3 is 1.38 bits per heavy atom. The fraction of sp³-hybridized carbons (Fsp3) is 0.333. The van der Waals surface area contributed by atoms with Crippen LogP contribution in [-0.2, 0) is 6.54 Å². The van der Waals surface area contributed by atoms with Crippen molar-refractivity contribution >= 4 is 0 Å². The molecule has 0 amide bonds. The summed E-state index contributed by atoms with van der Waals surface area (Å²) >= 11 is 0. The van der Waals surface area contributed by atoms with Gasteiger partial charge < -0.3 is 0 Å². The van der Waals surface area contributed by atoms with E-state index in [1.165, 1.54) is 4.57 Å². The second-order valence-corrected chi connectivity index (χ2v) is 8.46. The smallest absolute Gasteiger partial charge is 0.246 e. The quantitative estimate of drug-likeness (QED) is 0.468. The van der Waals surface area contributed by atoms with Gasteiger partial charge in [-0.15, -0.1) is 0 Å². The first kappa shape index (κ1) is 15.4. The summed E-state index contributed by atoms with van der Waals surface area (Å²) in [6.45, 7) is 6.53. The Morgan fingerprint density at radius 2 is 1.08 bits per heavy atom. The Kier molecular flexibility index (Phi) is 2.89. The van der Waals surface area contributed by atoms with Gasteiger partial charge in [-0.2, -0.15) is 0 Å². The SMILES string of the molecule is CC(C)(C)Cn1c(=O)n2n(c1=O)C1c3ccccc3C2c2ccccc21. The maximum Gasteiger partial charge on any atom is 0.348 e. The Morgan fingerprint density at radius 1 is 0.731 bits per heavy atom. The molecule has 3 aromatic rings. The van der Waals surface area contributed by atoms with Crippen LogP contribution in [0.2, 0.25) is 0 Å². The van der Waals surface area contributed by atoms with E-state index in [1.54, 1.807) is 9.36 Å². The number of rotatable bonds is 1. The molecule has 0 N–H and O–H groups in total. The summed E-state index contributed by atoms with van der Waals surface area (Å²) in [6, 6.07) is 15.8. The highest BCUT2D eigenvalue weighted by Gasteiger charge is 2.44. The molecule has 5 nitrogen and oxygen atoms in total. The van der Waals surface area contributed by atoms with E-state index in [0.29, 0.717) is 6.54 Å². The summed E-state index contributed by atoms with van der Waals surface area (Å²) in [4.78, 5) is 26.5. The van der Waals surface area contributed by atoms with Crippen molar-refractivity contribution in [2.45, 2.75) is 39.4 Å². The van der Waals surface area contributed by atoms with Crippen LogP contribution in [-0.4, -0.2) is 13.9 Å². The van der Waals surface area contributed by atoms with E-state index < -0.39 is 0 Å². The molecule has 3 heterocycles. The first-order chi connectivity index (χ1) is 12.4. The van der Waals surface area contributed by atoms with Crippen LogP contribution in [0.4, 0.5) is 0 Å². The van der Waals surface area contributed by atoms with Gasteiger partial charge >= 0.3 is 11.4 Å². The van der Waals surface area contributed by atoms with Crippen molar-refractivity contribution in [1.29, 1.82) is 0 Å². The van der Waals surface area contributed by atoms with Crippen LogP contribution < -0.4 is 11.4 Å². The fourth-order valence-electron chi connectivity index (χ4n) is 4.47. The lowest BCUT2D eigenvalue weighted by molar-refractivity contribution is 0.332. The average molecular weight is 347 g/mol. The van der Waals surface area contributed by atoms with Crippen LogP contribution in [0.1, 0.15) is 55.1 Å². The minimum absolute atomic E-state index is 0.153. The zero-order valence-electron chi connectivity index (χ0n) is 15.1. The third kappa shape index (κ3) is 1.86. The van der Waals surface area contributed by atoms with E-state index in [0.717, 1.165) is 22.3 Å². The fourth-order valence-corrected chi connectivity index (χ4v) is 4.47. The van der Waals surface area contributed by atoms with Crippen LogP contribution in [0, 0.1) is 5.41 Å². The van der Waals surface area contributed by atoms with Gasteiger partial charge in [0, 0.05) is 6.54 Å². The number of benzene rings is 2. The monoisotopic (exact) mass is 347 g/mol. The van der Waals surface area contributed by atoms with E-state index in [2.05, 4.69) is 24.3 Å². The van der Waals surface area contributed by atoms with Crippen molar-refractivity contribution in [3.05, 3.63) is 91.8 Å². The van der Waals surface area contributed by atoms with Crippen molar-refractivity contribution in [3.8, 4) is 0 Å². The van der Waals surface area contributed by atoms with Crippen LogP contribution in [0.25, 0.3) is 0 Å². The van der Waals surface area contributed by atoms with Crippen molar-refractivity contribution in [2.24, 2.45) is 5.41 Å².